The third-order valence-electron chi connectivity index (χ3n) is 5.29. The molecule has 1 aromatic carbocycles. The Labute approximate surface area is 115 Å². The van der Waals surface area contributed by atoms with Crippen LogP contribution >= 0.6 is 0 Å². The fourth-order valence-corrected chi connectivity index (χ4v) is 3.61. The summed E-state index contributed by atoms with van der Waals surface area (Å²) in [6.07, 6.45) is 6.63. The number of benzene rings is 1. The van der Waals surface area contributed by atoms with Crippen LogP contribution in [0.15, 0.2) is 24.3 Å². The van der Waals surface area contributed by atoms with E-state index in [1.165, 1.54) is 24.8 Å². The predicted molar refractivity (Wildman–Crippen MR) is 74.6 cm³/mol. The summed E-state index contributed by atoms with van der Waals surface area (Å²) in [5.74, 6) is 0. The highest BCUT2D eigenvalue weighted by Gasteiger charge is 2.49. The Morgan fingerprint density at radius 2 is 1.84 bits per heavy atom. The first-order chi connectivity index (χ1) is 9.22. The molecule has 2 heterocycles. The lowest BCUT2D eigenvalue weighted by Crippen LogP contribution is -2.48. The van der Waals surface area contributed by atoms with Gasteiger partial charge in [-0.3, -0.25) is 0 Å². The number of ether oxygens (including phenoxy) is 1. The molecule has 2 nitrogen and oxygen atoms in total. The van der Waals surface area contributed by atoms with Crippen LogP contribution in [0, 0.1) is 16.7 Å². The van der Waals surface area contributed by atoms with Crippen molar-refractivity contribution < 1.29 is 4.74 Å². The molecule has 0 amide bonds. The van der Waals surface area contributed by atoms with E-state index in [9.17, 15) is 0 Å². The molecule has 2 aliphatic heterocycles. The van der Waals surface area contributed by atoms with Gasteiger partial charge >= 0.3 is 0 Å². The zero-order valence-electron chi connectivity index (χ0n) is 11.6. The predicted octanol–water partition coefficient (Wildman–Crippen LogP) is 3.95. The van der Waals surface area contributed by atoms with E-state index >= 15 is 0 Å². The summed E-state index contributed by atoms with van der Waals surface area (Å²) in [5.41, 5.74) is 2.82. The third kappa shape index (κ3) is 2.07. The molecule has 1 aromatic rings. The smallest absolute Gasteiger partial charge is 0.0932 e. The molecule has 0 radical (unpaired) electrons. The number of nitriles is 1. The molecule has 2 bridgehead atoms. The number of fused-ring (bicyclic) bond motifs is 3. The second-order valence-corrected chi connectivity index (χ2v) is 6.17. The van der Waals surface area contributed by atoms with Gasteiger partial charge in [0.1, 0.15) is 0 Å². The molecule has 2 heteroatoms. The zero-order valence-corrected chi connectivity index (χ0v) is 11.6. The van der Waals surface area contributed by atoms with E-state index in [1.807, 2.05) is 0 Å². The molecule has 19 heavy (non-hydrogen) atoms. The van der Waals surface area contributed by atoms with Crippen molar-refractivity contribution in [3.63, 3.8) is 0 Å². The van der Waals surface area contributed by atoms with Gasteiger partial charge in [0.2, 0.25) is 0 Å². The molecule has 100 valence electrons. The monoisotopic (exact) mass is 255 g/mol. The number of hydrogen-bond acceptors (Lipinski definition) is 2. The lowest BCUT2D eigenvalue weighted by atomic mass is 9.63. The molecule has 0 spiro atoms. The summed E-state index contributed by atoms with van der Waals surface area (Å²) in [6, 6.07) is 10.7. The fourth-order valence-electron chi connectivity index (χ4n) is 3.61. The highest BCUT2D eigenvalue weighted by atomic mass is 16.5. The summed E-state index contributed by atoms with van der Waals surface area (Å²) in [7, 11) is 0. The third-order valence-corrected chi connectivity index (χ3v) is 5.29. The van der Waals surface area contributed by atoms with Crippen molar-refractivity contribution >= 4 is 0 Å². The van der Waals surface area contributed by atoms with Crippen molar-refractivity contribution in [2.45, 2.75) is 51.0 Å². The maximum Gasteiger partial charge on any atom is 0.0932 e. The van der Waals surface area contributed by atoms with Gasteiger partial charge in [-0.25, -0.2) is 0 Å². The van der Waals surface area contributed by atoms with E-state index < -0.39 is 0 Å². The fraction of sp³-hybridized carbons (Fsp3) is 0.588. The highest BCUT2D eigenvalue weighted by molar-refractivity contribution is 5.30. The van der Waals surface area contributed by atoms with E-state index in [0.29, 0.717) is 11.8 Å². The van der Waals surface area contributed by atoms with Gasteiger partial charge in [-0.2, -0.15) is 5.26 Å². The largest absolute Gasteiger partial charge is 0.370 e. The van der Waals surface area contributed by atoms with E-state index in [1.54, 1.807) is 0 Å². The normalized spacial score (nSPS) is 33.1. The average molecular weight is 255 g/mol. The molecule has 0 atom stereocenters. The lowest BCUT2D eigenvalue weighted by molar-refractivity contribution is -0.190. The van der Waals surface area contributed by atoms with E-state index in [2.05, 4.69) is 37.3 Å². The molecule has 0 aromatic heterocycles. The van der Waals surface area contributed by atoms with Crippen LogP contribution in [0.2, 0.25) is 0 Å². The summed E-state index contributed by atoms with van der Waals surface area (Å²) < 4.78 is 6.28. The van der Waals surface area contributed by atoms with Crippen LogP contribution in [-0.2, 0) is 16.8 Å². The highest BCUT2D eigenvalue weighted by Crippen LogP contribution is 2.54. The maximum absolute atomic E-state index is 8.72. The Kier molecular flexibility index (Phi) is 3.11. The summed E-state index contributed by atoms with van der Waals surface area (Å²) in [6.45, 7) is 3.21. The number of hydrogen-bond donors (Lipinski definition) is 0. The maximum atomic E-state index is 8.72. The Morgan fingerprint density at radius 1 is 1.16 bits per heavy atom. The van der Waals surface area contributed by atoms with Crippen LogP contribution in [0.25, 0.3) is 0 Å². The topological polar surface area (TPSA) is 33.0 Å². The first kappa shape index (κ1) is 12.7. The first-order valence-electron chi connectivity index (χ1n) is 7.32. The average Bonchev–Trinajstić information content (AvgIpc) is 2.50. The van der Waals surface area contributed by atoms with Crippen molar-refractivity contribution in [2.75, 3.05) is 6.61 Å². The van der Waals surface area contributed by atoms with Crippen molar-refractivity contribution in [3.8, 4) is 6.07 Å². The van der Waals surface area contributed by atoms with Crippen molar-refractivity contribution in [2.24, 2.45) is 5.41 Å². The lowest BCUT2D eigenvalue weighted by Gasteiger charge is -2.53. The Balaban J connectivity index is 1.81. The van der Waals surface area contributed by atoms with Gasteiger partial charge < -0.3 is 4.74 Å². The Bertz CT molecular complexity index is 472. The molecule has 1 saturated carbocycles. The van der Waals surface area contributed by atoms with Gasteiger partial charge in [0.05, 0.1) is 24.7 Å². The molecular weight excluding hydrogens is 234 g/mol. The van der Waals surface area contributed by atoms with Gasteiger partial charge in [0, 0.05) is 0 Å². The number of nitrogens with zero attached hydrogens (tertiary/aromatic N) is 1. The first-order valence-corrected chi connectivity index (χ1v) is 7.32. The minimum Gasteiger partial charge on any atom is -0.370 e. The van der Waals surface area contributed by atoms with Crippen LogP contribution < -0.4 is 0 Å². The molecular formula is C17H21NO. The van der Waals surface area contributed by atoms with Crippen molar-refractivity contribution in [1.82, 2.24) is 0 Å². The van der Waals surface area contributed by atoms with Gasteiger partial charge in [0.15, 0.2) is 0 Å². The Hall–Kier alpha value is -1.33. The van der Waals surface area contributed by atoms with Crippen molar-refractivity contribution in [1.29, 1.82) is 5.26 Å². The van der Waals surface area contributed by atoms with Crippen molar-refractivity contribution in [3.05, 3.63) is 35.4 Å². The molecule has 2 saturated heterocycles. The summed E-state index contributed by atoms with van der Waals surface area (Å²) >= 11 is 0. The summed E-state index contributed by atoms with van der Waals surface area (Å²) in [5, 5.41) is 8.72. The molecule has 1 aliphatic carbocycles. The van der Waals surface area contributed by atoms with Crippen LogP contribution in [-0.4, -0.2) is 6.61 Å². The number of rotatable bonds is 3. The standard InChI is InChI=1S/C17H21NO/c1-2-16-8-10-17(11-9-16,19-13-16)15-5-3-14(4-6-15)7-12-18/h3-6H,2,7-11,13H2,1H3. The second kappa shape index (κ2) is 4.65. The SMILES string of the molecule is CCC12CCC(c3ccc(CC#N)cc3)(CC1)OC2. The van der Waals surface area contributed by atoms with Crippen LogP contribution in [0.1, 0.15) is 50.2 Å². The van der Waals surface area contributed by atoms with E-state index in [-0.39, 0.29) is 5.60 Å². The zero-order chi connectivity index (χ0) is 13.3. The van der Waals surface area contributed by atoms with Gasteiger partial charge in [-0.05, 0) is 48.6 Å². The molecule has 3 aliphatic rings. The van der Waals surface area contributed by atoms with E-state index in [4.69, 9.17) is 10.00 Å². The molecule has 0 N–H and O–H groups in total. The summed E-state index contributed by atoms with van der Waals surface area (Å²) in [4.78, 5) is 0. The van der Waals surface area contributed by atoms with Gasteiger partial charge in [-0.1, -0.05) is 31.2 Å². The van der Waals surface area contributed by atoms with Gasteiger partial charge in [0.25, 0.3) is 0 Å². The Morgan fingerprint density at radius 3 is 2.32 bits per heavy atom. The quantitative estimate of drug-likeness (QED) is 0.819. The molecule has 0 unspecified atom stereocenters. The van der Waals surface area contributed by atoms with Gasteiger partial charge in [-0.15, -0.1) is 0 Å². The van der Waals surface area contributed by atoms with Crippen LogP contribution in [0.5, 0.6) is 0 Å². The van der Waals surface area contributed by atoms with E-state index in [0.717, 1.165) is 25.0 Å². The molecule has 4 rings (SSSR count). The molecule has 3 fully saturated rings. The second-order valence-electron chi connectivity index (χ2n) is 6.17. The minimum atomic E-state index is -0.0396. The van der Waals surface area contributed by atoms with Crippen LogP contribution in [0.3, 0.4) is 0 Å². The van der Waals surface area contributed by atoms with Crippen LogP contribution in [0.4, 0.5) is 0 Å². The minimum absolute atomic E-state index is 0.0396.